The fourth-order valence-electron chi connectivity index (χ4n) is 3.66. The Morgan fingerprint density at radius 3 is 2.13 bits per heavy atom. The van der Waals surface area contributed by atoms with E-state index < -0.39 is 5.60 Å². The Morgan fingerprint density at radius 1 is 1.13 bits per heavy atom. The number of nitrogens with two attached hydrogens (primary N) is 1. The summed E-state index contributed by atoms with van der Waals surface area (Å²) in [5, 5.41) is 10.8. The first-order valence-corrected chi connectivity index (χ1v) is 6.54. The maximum atomic E-state index is 10.8. The van der Waals surface area contributed by atoms with Crippen LogP contribution in [0.15, 0.2) is 0 Å². The second kappa shape index (κ2) is 4.06. The number of hydrogen-bond donors (Lipinski definition) is 2. The third-order valence-electron chi connectivity index (χ3n) is 5.04. The molecule has 0 aromatic rings. The van der Waals surface area contributed by atoms with Gasteiger partial charge in [0.05, 0.1) is 5.60 Å². The second-order valence-electron chi connectivity index (χ2n) is 5.91. The molecule has 2 fully saturated rings. The summed E-state index contributed by atoms with van der Waals surface area (Å²) in [7, 11) is 0. The molecule has 0 aliphatic heterocycles. The van der Waals surface area contributed by atoms with Gasteiger partial charge in [-0.05, 0) is 31.6 Å². The van der Waals surface area contributed by atoms with Gasteiger partial charge in [0.25, 0.3) is 0 Å². The van der Waals surface area contributed by atoms with Crippen LogP contribution >= 0.6 is 0 Å². The minimum Gasteiger partial charge on any atom is -0.389 e. The molecule has 0 bridgehead atoms. The van der Waals surface area contributed by atoms with Crippen molar-refractivity contribution in [2.75, 3.05) is 6.54 Å². The average molecular weight is 211 g/mol. The Hall–Kier alpha value is -0.0800. The molecular formula is C13H25NO. The summed E-state index contributed by atoms with van der Waals surface area (Å²) in [4.78, 5) is 0. The Bertz CT molecular complexity index is 213. The van der Waals surface area contributed by atoms with Crippen LogP contribution in [0.25, 0.3) is 0 Å². The quantitative estimate of drug-likeness (QED) is 0.737. The molecule has 2 heteroatoms. The van der Waals surface area contributed by atoms with Gasteiger partial charge in [0, 0.05) is 12.0 Å². The lowest BCUT2D eigenvalue weighted by Crippen LogP contribution is -2.52. The fraction of sp³-hybridized carbons (Fsp3) is 1.00. The zero-order valence-corrected chi connectivity index (χ0v) is 9.97. The average Bonchev–Trinajstić information content (AvgIpc) is 2.68. The summed E-state index contributed by atoms with van der Waals surface area (Å²) in [5.74, 6) is 0.828. The molecule has 0 atom stereocenters. The van der Waals surface area contributed by atoms with Crippen LogP contribution < -0.4 is 5.73 Å². The van der Waals surface area contributed by atoms with Gasteiger partial charge in [-0.2, -0.15) is 0 Å². The summed E-state index contributed by atoms with van der Waals surface area (Å²) in [6.07, 6.45) is 9.13. The van der Waals surface area contributed by atoms with Crippen molar-refractivity contribution >= 4 is 0 Å². The van der Waals surface area contributed by atoms with Crippen LogP contribution in [0.3, 0.4) is 0 Å². The van der Waals surface area contributed by atoms with Crippen molar-refractivity contribution in [1.82, 2.24) is 0 Å². The zero-order chi connectivity index (χ0) is 10.9. The van der Waals surface area contributed by atoms with Crippen LogP contribution in [-0.2, 0) is 0 Å². The third kappa shape index (κ3) is 1.83. The molecule has 0 heterocycles. The number of aliphatic hydroxyl groups is 1. The van der Waals surface area contributed by atoms with Gasteiger partial charge in [-0.15, -0.1) is 0 Å². The van der Waals surface area contributed by atoms with Crippen LogP contribution in [0, 0.1) is 11.3 Å². The maximum Gasteiger partial charge on any atom is 0.0715 e. The van der Waals surface area contributed by atoms with E-state index >= 15 is 0 Å². The summed E-state index contributed by atoms with van der Waals surface area (Å²) in [6, 6.07) is 0. The molecule has 0 aromatic carbocycles. The van der Waals surface area contributed by atoms with Crippen LogP contribution in [0.1, 0.15) is 58.3 Å². The molecule has 3 N–H and O–H groups in total. The van der Waals surface area contributed by atoms with Crippen molar-refractivity contribution in [2.45, 2.75) is 63.9 Å². The zero-order valence-electron chi connectivity index (χ0n) is 9.97. The van der Waals surface area contributed by atoms with Crippen molar-refractivity contribution in [1.29, 1.82) is 0 Å². The lowest BCUT2D eigenvalue weighted by Gasteiger charge is -2.48. The largest absolute Gasteiger partial charge is 0.389 e. The Labute approximate surface area is 93.2 Å². The van der Waals surface area contributed by atoms with Gasteiger partial charge < -0.3 is 10.8 Å². The van der Waals surface area contributed by atoms with E-state index in [0.29, 0.717) is 6.54 Å². The predicted octanol–water partition coefficient (Wildman–Crippen LogP) is 2.45. The normalized spacial score (nSPS) is 40.6. The number of rotatable bonds is 2. The van der Waals surface area contributed by atoms with Gasteiger partial charge in [-0.1, -0.05) is 32.6 Å². The highest BCUT2D eigenvalue weighted by Gasteiger charge is 2.51. The van der Waals surface area contributed by atoms with Gasteiger partial charge >= 0.3 is 0 Å². The van der Waals surface area contributed by atoms with Crippen LogP contribution in [0.5, 0.6) is 0 Å². The van der Waals surface area contributed by atoms with Crippen molar-refractivity contribution in [3.8, 4) is 0 Å². The van der Waals surface area contributed by atoms with E-state index in [-0.39, 0.29) is 5.41 Å². The predicted molar refractivity (Wildman–Crippen MR) is 62.5 cm³/mol. The molecular weight excluding hydrogens is 186 g/mol. The lowest BCUT2D eigenvalue weighted by molar-refractivity contribution is -0.0990. The van der Waals surface area contributed by atoms with Gasteiger partial charge in [0.15, 0.2) is 0 Å². The molecule has 0 amide bonds. The molecule has 0 unspecified atom stereocenters. The van der Waals surface area contributed by atoms with E-state index in [9.17, 15) is 5.11 Å². The van der Waals surface area contributed by atoms with Crippen molar-refractivity contribution in [3.63, 3.8) is 0 Å². The SMILES string of the molecule is CC1CCC(CN)(C2(O)CCCC2)CC1. The molecule has 0 radical (unpaired) electrons. The first-order valence-electron chi connectivity index (χ1n) is 6.54. The number of hydrogen-bond acceptors (Lipinski definition) is 2. The minimum absolute atomic E-state index is 0.0516. The third-order valence-corrected chi connectivity index (χ3v) is 5.04. The molecule has 0 saturated heterocycles. The molecule has 88 valence electrons. The summed E-state index contributed by atoms with van der Waals surface area (Å²) in [5.41, 5.74) is 5.61. The molecule has 2 nitrogen and oxygen atoms in total. The van der Waals surface area contributed by atoms with E-state index in [1.54, 1.807) is 0 Å². The van der Waals surface area contributed by atoms with E-state index in [4.69, 9.17) is 5.73 Å². The summed E-state index contributed by atoms with van der Waals surface area (Å²) >= 11 is 0. The van der Waals surface area contributed by atoms with Gasteiger partial charge in [0.2, 0.25) is 0 Å². The monoisotopic (exact) mass is 211 g/mol. The summed E-state index contributed by atoms with van der Waals surface area (Å²) < 4.78 is 0. The smallest absolute Gasteiger partial charge is 0.0715 e. The van der Waals surface area contributed by atoms with Crippen LogP contribution in [0.4, 0.5) is 0 Å². The molecule has 2 rings (SSSR count). The molecule has 2 aliphatic carbocycles. The maximum absolute atomic E-state index is 10.8. The molecule has 15 heavy (non-hydrogen) atoms. The Balaban J connectivity index is 2.14. The van der Waals surface area contributed by atoms with E-state index in [0.717, 1.165) is 31.6 Å². The lowest BCUT2D eigenvalue weighted by atomic mass is 9.61. The van der Waals surface area contributed by atoms with Gasteiger partial charge in [-0.3, -0.25) is 0 Å². The summed E-state index contributed by atoms with van der Waals surface area (Å²) in [6.45, 7) is 3.00. The van der Waals surface area contributed by atoms with Crippen molar-refractivity contribution in [3.05, 3.63) is 0 Å². The van der Waals surface area contributed by atoms with Crippen molar-refractivity contribution in [2.24, 2.45) is 17.1 Å². The molecule has 2 aliphatic rings. The van der Waals surface area contributed by atoms with Gasteiger partial charge in [0.1, 0.15) is 0 Å². The van der Waals surface area contributed by atoms with E-state index in [1.807, 2.05) is 0 Å². The highest BCUT2D eigenvalue weighted by atomic mass is 16.3. The fourth-order valence-corrected chi connectivity index (χ4v) is 3.66. The minimum atomic E-state index is -0.429. The first-order chi connectivity index (χ1) is 7.12. The molecule has 0 aromatic heterocycles. The van der Waals surface area contributed by atoms with E-state index in [1.165, 1.54) is 25.7 Å². The topological polar surface area (TPSA) is 46.2 Å². The highest BCUT2D eigenvalue weighted by molar-refractivity contribution is 5.03. The van der Waals surface area contributed by atoms with Crippen molar-refractivity contribution < 1.29 is 5.11 Å². The van der Waals surface area contributed by atoms with Gasteiger partial charge in [-0.25, -0.2) is 0 Å². The molecule has 0 spiro atoms. The van der Waals surface area contributed by atoms with E-state index in [2.05, 4.69) is 6.92 Å². The molecule has 2 saturated carbocycles. The van der Waals surface area contributed by atoms with Crippen LogP contribution in [0.2, 0.25) is 0 Å². The Kier molecular flexibility index (Phi) is 3.09. The first kappa shape index (κ1) is 11.4. The standard InChI is InChI=1S/C13H25NO/c1-11-4-8-12(10-14,9-5-11)13(15)6-2-3-7-13/h11,15H,2-10,14H2,1H3. The second-order valence-corrected chi connectivity index (χ2v) is 5.91. The highest BCUT2D eigenvalue weighted by Crippen LogP contribution is 2.52. The van der Waals surface area contributed by atoms with Crippen LogP contribution in [-0.4, -0.2) is 17.3 Å². The Morgan fingerprint density at radius 2 is 1.67 bits per heavy atom.